The molecule has 44 valence electrons. The Labute approximate surface area is 54.0 Å². The third-order valence-electron chi connectivity index (χ3n) is 1.13. The van der Waals surface area contributed by atoms with Gasteiger partial charge in [-0.25, -0.2) is 0 Å². The van der Waals surface area contributed by atoms with Crippen molar-refractivity contribution in [3.8, 4) is 0 Å². The molecule has 0 unspecified atom stereocenters. The van der Waals surface area contributed by atoms with E-state index in [1.807, 2.05) is 18.5 Å². The van der Waals surface area contributed by atoms with Gasteiger partial charge in [-0.05, 0) is 18.1 Å². The van der Waals surface area contributed by atoms with Crippen LogP contribution in [-0.2, 0) is 6.42 Å². The van der Waals surface area contributed by atoms with Gasteiger partial charge in [0.1, 0.15) is 0 Å². The molecule has 1 rings (SSSR count). The molecular weight excluding hydrogens is 122 g/mol. The number of nitrogens with zero attached hydrogens (tertiary/aromatic N) is 1. The molecular formula is C6H8ClN. The van der Waals surface area contributed by atoms with E-state index in [0.717, 1.165) is 6.42 Å². The summed E-state index contributed by atoms with van der Waals surface area (Å²) in [5.41, 5.74) is 1.28. The summed E-state index contributed by atoms with van der Waals surface area (Å²) in [6.07, 6.45) is 4.79. The molecule has 0 fully saturated rings. The number of hydrogen-bond acceptors (Lipinski definition) is 0. The molecule has 0 aliphatic heterocycles. The third-order valence-corrected chi connectivity index (χ3v) is 1.34. The van der Waals surface area contributed by atoms with Gasteiger partial charge in [-0.3, -0.25) is 4.09 Å². The molecule has 0 aliphatic rings. The molecule has 0 spiro atoms. The minimum absolute atomic E-state index is 1.06. The van der Waals surface area contributed by atoms with E-state index in [4.69, 9.17) is 11.8 Å². The second-order valence-electron chi connectivity index (χ2n) is 1.72. The highest BCUT2D eigenvalue weighted by Gasteiger charge is 1.87. The first-order valence-electron chi connectivity index (χ1n) is 2.66. The van der Waals surface area contributed by atoms with Crippen molar-refractivity contribution in [1.29, 1.82) is 0 Å². The van der Waals surface area contributed by atoms with Crippen LogP contribution in [-0.4, -0.2) is 4.09 Å². The van der Waals surface area contributed by atoms with Crippen LogP contribution in [0, 0.1) is 0 Å². The highest BCUT2D eigenvalue weighted by atomic mass is 35.5. The fourth-order valence-electron chi connectivity index (χ4n) is 0.621. The SMILES string of the molecule is CCc1ccn(Cl)c1. The number of rotatable bonds is 1. The zero-order chi connectivity index (χ0) is 5.98. The largest absolute Gasteiger partial charge is 0.268 e. The Bertz CT molecular complexity index is 169. The molecule has 0 N–H and O–H groups in total. The molecule has 0 saturated heterocycles. The van der Waals surface area contributed by atoms with Gasteiger partial charge in [0.05, 0.1) is 0 Å². The second-order valence-corrected chi connectivity index (χ2v) is 2.11. The fourth-order valence-corrected chi connectivity index (χ4v) is 0.802. The van der Waals surface area contributed by atoms with Gasteiger partial charge in [-0.15, -0.1) is 0 Å². The number of aromatic nitrogens is 1. The highest BCUT2D eigenvalue weighted by Crippen LogP contribution is 2.01. The Kier molecular flexibility index (Phi) is 1.59. The van der Waals surface area contributed by atoms with Crippen molar-refractivity contribution in [2.75, 3.05) is 0 Å². The van der Waals surface area contributed by atoms with Gasteiger partial charge in [-0.1, -0.05) is 6.92 Å². The van der Waals surface area contributed by atoms with Gasteiger partial charge in [0, 0.05) is 24.2 Å². The lowest BCUT2D eigenvalue weighted by molar-refractivity contribution is 1.13. The maximum Gasteiger partial charge on any atom is 0.0245 e. The zero-order valence-corrected chi connectivity index (χ0v) is 5.52. The minimum Gasteiger partial charge on any atom is -0.268 e. The normalized spacial score (nSPS) is 9.75. The van der Waals surface area contributed by atoms with Crippen LogP contribution in [0.5, 0.6) is 0 Å². The van der Waals surface area contributed by atoms with Gasteiger partial charge >= 0.3 is 0 Å². The van der Waals surface area contributed by atoms with Crippen LogP contribution in [0.2, 0.25) is 0 Å². The van der Waals surface area contributed by atoms with Crippen LogP contribution in [0.15, 0.2) is 18.5 Å². The summed E-state index contributed by atoms with van der Waals surface area (Å²) in [7, 11) is 0. The molecule has 0 atom stereocenters. The molecule has 1 aromatic rings. The first-order valence-corrected chi connectivity index (χ1v) is 2.99. The lowest BCUT2D eigenvalue weighted by Crippen LogP contribution is -1.71. The second kappa shape index (κ2) is 2.23. The molecule has 0 radical (unpaired) electrons. The Hall–Kier alpha value is -0.430. The summed E-state index contributed by atoms with van der Waals surface area (Å²) in [6.45, 7) is 2.10. The zero-order valence-electron chi connectivity index (χ0n) is 4.76. The molecule has 0 bridgehead atoms. The topological polar surface area (TPSA) is 4.93 Å². The van der Waals surface area contributed by atoms with Crippen molar-refractivity contribution in [2.24, 2.45) is 0 Å². The first kappa shape index (κ1) is 5.70. The van der Waals surface area contributed by atoms with Crippen LogP contribution < -0.4 is 0 Å². The predicted octanol–water partition coefficient (Wildman–Crippen LogP) is 2.05. The molecule has 8 heavy (non-hydrogen) atoms. The van der Waals surface area contributed by atoms with Crippen molar-refractivity contribution in [3.05, 3.63) is 24.0 Å². The summed E-state index contributed by atoms with van der Waals surface area (Å²) in [6, 6.07) is 2.01. The fraction of sp³-hybridized carbons (Fsp3) is 0.333. The molecule has 1 heterocycles. The lowest BCUT2D eigenvalue weighted by Gasteiger charge is -1.81. The average molecular weight is 130 g/mol. The molecule has 0 saturated carbocycles. The minimum atomic E-state index is 1.06. The summed E-state index contributed by atoms with van der Waals surface area (Å²) in [5.74, 6) is 0. The van der Waals surface area contributed by atoms with E-state index in [2.05, 4.69) is 6.92 Å². The van der Waals surface area contributed by atoms with E-state index in [-0.39, 0.29) is 0 Å². The standard InChI is InChI=1S/C6H8ClN/c1-2-6-3-4-8(7)5-6/h3-5H,2H2,1H3. The quantitative estimate of drug-likeness (QED) is 0.547. The summed E-state index contributed by atoms with van der Waals surface area (Å²) < 4.78 is 1.54. The van der Waals surface area contributed by atoms with Gasteiger partial charge in [0.2, 0.25) is 0 Å². The maximum atomic E-state index is 5.56. The number of hydrogen-bond donors (Lipinski definition) is 0. The van der Waals surface area contributed by atoms with Crippen molar-refractivity contribution in [3.63, 3.8) is 0 Å². The lowest BCUT2D eigenvalue weighted by atomic mass is 10.3. The van der Waals surface area contributed by atoms with Crippen molar-refractivity contribution in [1.82, 2.24) is 4.09 Å². The van der Waals surface area contributed by atoms with Crippen molar-refractivity contribution >= 4 is 11.8 Å². The van der Waals surface area contributed by atoms with Crippen LogP contribution in [0.25, 0.3) is 0 Å². The third kappa shape index (κ3) is 1.04. The van der Waals surface area contributed by atoms with Gasteiger partial charge < -0.3 is 0 Å². The van der Waals surface area contributed by atoms with E-state index in [0.29, 0.717) is 0 Å². The highest BCUT2D eigenvalue weighted by molar-refractivity contribution is 6.15. The van der Waals surface area contributed by atoms with E-state index < -0.39 is 0 Å². The Morgan fingerprint density at radius 3 is 2.75 bits per heavy atom. The Morgan fingerprint density at radius 2 is 2.50 bits per heavy atom. The van der Waals surface area contributed by atoms with Crippen LogP contribution >= 0.6 is 11.8 Å². The smallest absolute Gasteiger partial charge is 0.0245 e. The van der Waals surface area contributed by atoms with E-state index >= 15 is 0 Å². The van der Waals surface area contributed by atoms with Crippen LogP contribution in [0.4, 0.5) is 0 Å². The monoisotopic (exact) mass is 129 g/mol. The first-order chi connectivity index (χ1) is 3.83. The van der Waals surface area contributed by atoms with Gasteiger partial charge in [-0.2, -0.15) is 0 Å². The molecule has 2 heteroatoms. The predicted molar refractivity (Wildman–Crippen MR) is 35.1 cm³/mol. The summed E-state index contributed by atoms with van der Waals surface area (Å²) >= 11 is 5.56. The van der Waals surface area contributed by atoms with Crippen LogP contribution in [0.3, 0.4) is 0 Å². The molecule has 1 nitrogen and oxygen atoms in total. The Morgan fingerprint density at radius 1 is 1.75 bits per heavy atom. The molecule has 0 aromatic carbocycles. The summed E-state index contributed by atoms with van der Waals surface area (Å²) in [4.78, 5) is 0. The molecule has 0 amide bonds. The van der Waals surface area contributed by atoms with E-state index in [1.54, 1.807) is 4.09 Å². The van der Waals surface area contributed by atoms with E-state index in [9.17, 15) is 0 Å². The number of halogens is 1. The van der Waals surface area contributed by atoms with Crippen molar-refractivity contribution < 1.29 is 0 Å². The van der Waals surface area contributed by atoms with Crippen molar-refractivity contribution in [2.45, 2.75) is 13.3 Å². The number of aryl methyl sites for hydroxylation is 1. The Balaban J connectivity index is 2.84. The maximum absolute atomic E-state index is 5.56. The summed E-state index contributed by atoms with van der Waals surface area (Å²) in [5, 5.41) is 0. The van der Waals surface area contributed by atoms with E-state index in [1.165, 1.54) is 5.56 Å². The average Bonchev–Trinajstić information content (AvgIpc) is 2.14. The molecule has 0 aliphatic carbocycles. The van der Waals surface area contributed by atoms with Gasteiger partial charge in [0.15, 0.2) is 0 Å². The molecule has 1 aromatic heterocycles. The van der Waals surface area contributed by atoms with Gasteiger partial charge in [0.25, 0.3) is 0 Å². The van der Waals surface area contributed by atoms with Crippen LogP contribution in [0.1, 0.15) is 12.5 Å².